The van der Waals surface area contributed by atoms with Gasteiger partial charge in [-0.05, 0) is 83.6 Å². The monoisotopic (exact) mass is 459 g/mol. The highest BCUT2D eigenvalue weighted by Crippen LogP contribution is 2.44. The lowest BCUT2D eigenvalue weighted by Gasteiger charge is -2.27. The van der Waals surface area contributed by atoms with Gasteiger partial charge in [0.05, 0.1) is 28.2 Å². The molecular weight excluding hydrogens is 442 g/mol. The van der Waals surface area contributed by atoms with Gasteiger partial charge < -0.3 is 15.0 Å². The molecule has 0 amide bonds. The molecule has 7 heteroatoms. The van der Waals surface area contributed by atoms with Crippen LogP contribution in [0.15, 0.2) is 64.6 Å². The molecule has 1 aliphatic rings. The Morgan fingerprint density at radius 1 is 1.19 bits per heavy atom. The van der Waals surface area contributed by atoms with E-state index in [1.807, 2.05) is 43.5 Å². The lowest BCUT2D eigenvalue weighted by atomic mass is 10.0. The van der Waals surface area contributed by atoms with E-state index in [0.29, 0.717) is 11.7 Å². The lowest BCUT2D eigenvalue weighted by molar-refractivity contribution is 0.340. The van der Waals surface area contributed by atoms with Gasteiger partial charge in [-0.2, -0.15) is 0 Å². The number of thiophene rings is 1. The van der Waals surface area contributed by atoms with E-state index in [1.54, 1.807) is 11.3 Å². The number of aromatic nitrogens is 1. The Kier molecular flexibility index (Phi) is 5.43. The van der Waals surface area contributed by atoms with Gasteiger partial charge in [0.1, 0.15) is 5.75 Å². The quantitative estimate of drug-likeness (QED) is 0.511. The van der Waals surface area contributed by atoms with Crippen molar-refractivity contribution in [3.8, 4) is 5.75 Å². The summed E-state index contributed by atoms with van der Waals surface area (Å²) >= 11 is 11.0. The van der Waals surface area contributed by atoms with E-state index in [4.69, 9.17) is 17.0 Å². The number of nitrogens with one attached hydrogen (secondary N) is 1. The number of anilines is 1. The highest BCUT2D eigenvalue weighted by atomic mass is 79.9. The van der Waals surface area contributed by atoms with Crippen molar-refractivity contribution in [3.05, 3.63) is 75.2 Å². The molecule has 0 saturated carbocycles. The van der Waals surface area contributed by atoms with Crippen LogP contribution in [0.4, 0.5) is 5.69 Å². The van der Waals surface area contributed by atoms with Crippen molar-refractivity contribution in [2.24, 2.45) is 0 Å². The zero-order valence-electron chi connectivity index (χ0n) is 14.6. The van der Waals surface area contributed by atoms with Crippen molar-refractivity contribution in [1.82, 2.24) is 10.3 Å². The molecule has 0 spiro atoms. The van der Waals surface area contributed by atoms with Gasteiger partial charge in [-0.25, -0.2) is 0 Å². The predicted octanol–water partition coefficient (Wildman–Crippen LogP) is 5.48. The molecule has 1 aliphatic heterocycles. The number of rotatable bonds is 5. The molecule has 1 fully saturated rings. The highest BCUT2D eigenvalue weighted by molar-refractivity contribution is 9.11. The summed E-state index contributed by atoms with van der Waals surface area (Å²) in [7, 11) is 0. The zero-order valence-corrected chi connectivity index (χ0v) is 17.9. The molecule has 3 aromatic rings. The minimum atomic E-state index is -0.0178. The van der Waals surface area contributed by atoms with E-state index < -0.39 is 0 Å². The van der Waals surface area contributed by atoms with Crippen LogP contribution in [-0.4, -0.2) is 16.7 Å². The summed E-state index contributed by atoms with van der Waals surface area (Å²) < 4.78 is 6.67. The van der Waals surface area contributed by atoms with Gasteiger partial charge in [0.25, 0.3) is 0 Å². The van der Waals surface area contributed by atoms with Crippen molar-refractivity contribution < 1.29 is 4.74 Å². The maximum atomic E-state index is 5.72. The van der Waals surface area contributed by atoms with Gasteiger partial charge in [0.2, 0.25) is 0 Å². The number of thiocarbonyl (C=S) groups is 1. The lowest BCUT2D eigenvalue weighted by Crippen LogP contribution is -2.29. The molecule has 1 N–H and O–H groups in total. The van der Waals surface area contributed by atoms with Crippen molar-refractivity contribution in [3.63, 3.8) is 0 Å². The smallest absolute Gasteiger partial charge is 0.174 e. The summed E-state index contributed by atoms with van der Waals surface area (Å²) in [4.78, 5) is 7.96. The predicted molar refractivity (Wildman–Crippen MR) is 118 cm³/mol. The summed E-state index contributed by atoms with van der Waals surface area (Å²) in [6.07, 6.45) is 1.82. The van der Waals surface area contributed by atoms with Crippen LogP contribution in [0.1, 0.15) is 29.6 Å². The van der Waals surface area contributed by atoms with Gasteiger partial charge in [-0.15, -0.1) is 11.3 Å². The molecule has 2 unspecified atom stereocenters. The summed E-state index contributed by atoms with van der Waals surface area (Å²) in [5.41, 5.74) is 2.01. The third kappa shape index (κ3) is 3.72. The second-order valence-electron chi connectivity index (χ2n) is 6.07. The Labute approximate surface area is 176 Å². The van der Waals surface area contributed by atoms with Crippen molar-refractivity contribution in [2.75, 3.05) is 11.5 Å². The van der Waals surface area contributed by atoms with Gasteiger partial charge in [-0.1, -0.05) is 6.07 Å². The molecule has 1 saturated heterocycles. The van der Waals surface area contributed by atoms with Gasteiger partial charge in [0.15, 0.2) is 5.11 Å². The maximum absolute atomic E-state index is 5.72. The summed E-state index contributed by atoms with van der Waals surface area (Å²) in [5, 5.41) is 4.17. The molecule has 4 nitrogen and oxygen atoms in total. The van der Waals surface area contributed by atoms with Gasteiger partial charge in [-0.3, -0.25) is 4.98 Å². The van der Waals surface area contributed by atoms with Crippen molar-refractivity contribution in [1.29, 1.82) is 0 Å². The molecule has 4 rings (SSSR count). The Balaban J connectivity index is 1.75. The van der Waals surface area contributed by atoms with Crippen LogP contribution in [0, 0.1) is 0 Å². The third-order valence-electron chi connectivity index (χ3n) is 4.41. The normalized spacial score (nSPS) is 19.2. The first-order chi connectivity index (χ1) is 13.2. The maximum Gasteiger partial charge on any atom is 0.174 e. The van der Waals surface area contributed by atoms with E-state index >= 15 is 0 Å². The van der Waals surface area contributed by atoms with Gasteiger partial charge >= 0.3 is 0 Å². The highest BCUT2D eigenvalue weighted by Gasteiger charge is 2.41. The fourth-order valence-electron chi connectivity index (χ4n) is 3.28. The number of nitrogens with zero attached hydrogens (tertiary/aromatic N) is 2. The van der Waals surface area contributed by atoms with Crippen LogP contribution in [-0.2, 0) is 0 Å². The second kappa shape index (κ2) is 7.96. The number of halogens is 1. The standard InChI is InChI=1S/C20H18BrN3OS2/c1-2-25-14-8-6-13(7-9-14)24-19(16-10-11-17(21)27-16)18(23-20(24)26)15-5-3-4-12-22-15/h3-12,18-19H,2H2,1H3,(H,23,26). The molecule has 0 bridgehead atoms. The molecule has 3 heterocycles. The molecule has 0 radical (unpaired) electrons. The van der Waals surface area contributed by atoms with Crippen LogP contribution < -0.4 is 15.0 Å². The van der Waals surface area contributed by atoms with E-state index in [1.165, 1.54) is 4.88 Å². The first-order valence-electron chi connectivity index (χ1n) is 8.66. The Hall–Kier alpha value is -1.96. The Bertz CT molecular complexity index is 930. The minimum Gasteiger partial charge on any atom is -0.494 e. The fraction of sp³-hybridized carbons (Fsp3) is 0.200. The molecule has 138 valence electrons. The minimum absolute atomic E-state index is 0.0178. The molecule has 2 aromatic heterocycles. The number of benzene rings is 1. The van der Waals surface area contributed by atoms with E-state index in [9.17, 15) is 0 Å². The first-order valence-corrected chi connectivity index (χ1v) is 10.7. The van der Waals surface area contributed by atoms with Gasteiger partial charge in [0, 0.05) is 16.8 Å². The zero-order chi connectivity index (χ0) is 18.8. The number of hydrogen-bond acceptors (Lipinski definition) is 4. The summed E-state index contributed by atoms with van der Waals surface area (Å²) in [6, 6.07) is 18.3. The molecule has 1 aromatic carbocycles. The average Bonchev–Trinajstić information content (AvgIpc) is 3.26. The molecule has 27 heavy (non-hydrogen) atoms. The fourth-order valence-corrected chi connectivity index (χ4v) is 5.18. The molecule has 0 aliphatic carbocycles. The van der Waals surface area contributed by atoms with Crippen LogP contribution >= 0.6 is 39.5 Å². The largest absolute Gasteiger partial charge is 0.494 e. The molecule has 2 atom stereocenters. The Morgan fingerprint density at radius 3 is 2.63 bits per heavy atom. The summed E-state index contributed by atoms with van der Waals surface area (Å²) in [6.45, 7) is 2.63. The second-order valence-corrected chi connectivity index (χ2v) is 8.95. The topological polar surface area (TPSA) is 37.4 Å². The van der Waals surface area contributed by atoms with E-state index in [2.05, 4.69) is 55.4 Å². The summed E-state index contributed by atoms with van der Waals surface area (Å²) in [5.74, 6) is 0.857. The average molecular weight is 460 g/mol. The Morgan fingerprint density at radius 2 is 2.00 bits per heavy atom. The van der Waals surface area contributed by atoms with Crippen molar-refractivity contribution in [2.45, 2.75) is 19.0 Å². The first kappa shape index (κ1) is 18.4. The van der Waals surface area contributed by atoms with E-state index in [-0.39, 0.29) is 12.1 Å². The van der Waals surface area contributed by atoms with Crippen LogP contribution in [0.3, 0.4) is 0 Å². The molecular formula is C20H18BrN3OS2. The SMILES string of the molecule is CCOc1ccc(N2C(=S)NC(c3ccccn3)C2c2ccc(Br)s2)cc1. The van der Waals surface area contributed by atoms with Crippen LogP contribution in [0.2, 0.25) is 0 Å². The van der Waals surface area contributed by atoms with E-state index in [0.717, 1.165) is 20.9 Å². The van der Waals surface area contributed by atoms with Crippen molar-refractivity contribution >= 4 is 50.3 Å². The number of ether oxygens (including phenoxy) is 1. The van der Waals surface area contributed by atoms with Crippen LogP contribution in [0.25, 0.3) is 0 Å². The third-order valence-corrected chi connectivity index (χ3v) is 6.42. The number of hydrogen-bond donors (Lipinski definition) is 1. The number of pyridine rings is 1. The van der Waals surface area contributed by atoms with Crippen LogP contribution in [0.5, 0.6) is 5.75 Å².